The number of thiazole rings is 1. The van der Waals surface area contributed by atoms with Crippen molar-refractivity contribution in [1.29, 1.82) is 0 Å². The Morgan fingerprint density at radius 1 is 1.03 bits per heavy atom. The second kappa shape index (κ2) is 10.7. The number of rotatable bonds is 8. The van der Waals surface area contributed by atoms with E-state index in [9.17, 15) is 4.79 Å². The van der Waals surface area contributed by atoms with Gasteiger partial charge in [-0.1, -0.05) is 47.1 Å². The van der Waals surface area contributed by atoms with Crippen molar-refractivity contribution in [3.63, 3.8) is 0 Å². The zero-order chi connectivity index (χ0) is 24.2. The molecule has 0 bridgehead atoms. The van der Waals surface area contributed by atoms with Crippen LogP contribution in [0.3, 0.4) is 0 Å². The molecule has 0 saturated carbocycles. The first kappa shape index (κ1) is 23.6. The molecule has 1 amide bonds. The number of amides is 1. The lowest BCUT2D eigenvalue weighted by atomic mass is 10.1. The van der Waals surface area contributed by atoms with Crippen molar-refractivity contribution in [2.45, 2.75) is 11.6 Å². The zero-order valence-electron chi connectivity index (χ0n) is 18.0. The van der Waals surface area contributed by atoms with E-state index >= 15 is 0 Å². The van der Waals surface area contributed by atoms with Gasteiger partial charge in [0.15, 0.2) is 16.0 Å². The van der Waals surface area contributed by atoms with E-state index in [0.717, 1.165) is 22.5 Å². The second-order valence-corrected chi connectivity index (χ2v) is 10.3. The van der Waals surface area contributed by atoms with Crippen LogP contribution in [-0.4, -0.2) is 31.4 Å². The summed E-state index contributed by atoms with van der Waals surface area (Å²) in [6.07, 6.45) is 4.07. The number of furan rings is 1. The summed E-state index contributed by atoms with van der Waals surface area (Å²) in [5, 5.41) is 13.9. The molecule has 3 aromatic heterocycles. The number of benzene rings is 2. The smallest absolute Gasteiger partial charge is 0.236 e. The highest BCUT2D eigenvalue weighted by Crippen LogP contribution is 2.29. The Kier molecular flexibility index (Phi) is 7.19. The molecule has 0 unspecified atom stereocenters. The van der Waals surface area contributed by atoms with Crippen LogP contribution in [0.2, 0.25) is 10.0 Å². The number of aromatic nitrogens is 4. The fourth-order valence-electron chi connectivity index (χ4n) is 3.29. The van der Waals surface area contributed by atoms with Crippen LogP contribution < -0.4 is 5.32 Å². The van der Waals surface area contributed by atoms with E-state index in [4.69, 9.17) is 27.6 Å². The Bertz CT molecular complexity index is 1430. The summed E-state index contributed by atoms with van der Waals surface area (Å²) in [6, 6.07) is 18.6. The Hall–Kier alpha value is -3.11. The van der Waals surface area contributed by atoms with Crippen molar-refractivity contribution < 1.29 is 9.21 Å². The maximum Gasteiger partial charge on any atom is 0.236 e. The largest absolute Gasteiger partial charge is 0.461 e. The van der Waals surface area contributed by atoms with E-state index in [1.807, 2.05) is 47.0 Å². The average molecular weight is 542 g/mol. The first-order valence-corrected chi connectivity index (χ1v) is 13.0. The van der Waals surface area contributed by atoms with Crippen molar-refractivity contribution in [2.24, 2.45) is 0 Å². The molecule has 11 heteroatoms. The van der Waals surface area contributed by atoms with Gasteiger partial charge in [-0.15, -0.1) is 21.5 Å². The topological polar surface area (TPSA) is 85.8 Å². The Morgan fingerprint density at radius 3 is 2.49 bits per heavy atom. The van der Waals surface area contributed by atoms with Gasteiger partial charge in [0.25, 0.3) is 0 Å². The molecule has 5 rings (SSSR count). The van der Waals surface area contributed by atoms with Gasteiger partial charge in [0.2, 0.25) is 11.7 Å². The van der Waals surface area contributed by atoms with Crippen molar-refractivity contribution in [1.82, 2.24) is 19.7 Å². The van der Waals surface area contributed by atoms with E-state index in [1.54, 1.807) is 30.7 Å². The van der Waals surface area contributed by atoms with Crippen LogP contribution in [0.4, 0.5) is 5.13 Å². The third kappa shape index (κ3) is 5.76. The lowest BCUT2D eigenvalue weighted by Crippen LogP contribution is -2.14. The molecule has 0 radical (unpaired) electrons. The van der Waals surface area contributed by atoms with Gasteiger partial charge in [-0.25, -0.2) is 4.98 Å². The number of nitrogens with zero attached hydrogens (tertiary/aromatic N) is 4. The summed E-state index contributed by atoms with van der Waals surface area (Å²) in [5.74, 6) is 1.05. The molecule has 176 valence electrons. The van der Waals surface area contributed by atoms with Gasteiger partial charge in [-0.2, -0.15) is 0 Å². The van der Waals surface area contributed by atoms with Crippen LogP contribution >= 0.6 is 46.3 Å². The minimum absolute atomic E-state index is 0.135. The normalized spacial score (nSPS) is 11.0. The molecule has 35 heavy (non-hydrogen) atoms. The predicted octanol–water partition coefficient (Wildman–Crippen LogP) is 6.61. The highest BCUT2D eigenvalue weighted by Gasteiger charge is 2.19. The summed E-state index contributed by atoms with van der Waals surface area (Å²) in [5.41, 5.74) is 1.93. The lowest BCUT2D eigenvalue weighted by molar-refractivity contribution is -0.113. The molecule has 2 aromatic carbocycles. The number of hydrogen-bond donors (Lipinski definition) is 1. The van der Waals surface area contributed by atoms with E-state index in [0.29, 0.717) is 31.9 Å². The highest BCUT2D eigenvalue weighted by molar-refractivity contribution is 7.99. The molecule has 0 atom stereocenters. The van der Waals surface area contributed by atoms with Crippen LogP contribution in [0.25, 0.3) is 17.3 Å². The number of carbonyl (C=O) groups excluding carboxylic acids is 1. The van der Waals surface area contributed by atoms with Crippen LogP contribution in [0.15, 0.2) is 82.7 Å². The number of hydrogen-bond acceptors (Lipinski definition) is 7. The molecule has 0 aliphatic heterocycles. The summed E-state index contributed by atoms with van der Waals surface area (Å²) in [6.45, 7) is 0. The van der Waals surface area contributed by atoms with Gasteiger partial charge in [0, 0.05) is 33.2 Å². The zero-order valence-corrected chi connectivity index (χ0v) is 21.2. The minimum atomic E-state index is -0.187. The molecule has 1 N–H and O–H groups in total. The number of nitrogens with one attached hydrogen (secondary N) is 1. The van der Waals surface area contributed by atoms with Crippen LogP contribution in [0.5, 0.6) is 0 Å². The SMILES string of the molecule is O=C(CSc1nnc(-c2ccco2)n1-c1ccc(Cl)cc1)Nc1ncc(Cc2ccc(Cl)cc2)s1. The van der Waals surface area contributed by atoms with Gasteiger partial charge >= 0.3 is 0 Å². The van der Waals surface area contributed by atoms with Crippen molar-refractivity contribution in [3.8, 4) is 17.3 Å². The maximum absolute atomic E-state index is 12.6. The van der Waals surface area contributed by atoms with Gasteiger partial charge in [0.05, 0.1) is 12.0 Å². The lowest BCUT2D eigenvalue weighted by Gasteiger charge is -2.09. The molecular weight excluding hydrogens is 525 g/mol. The summed E-state index contributed by atoms with van der Waals surface area (Å²) >= 11 is 14.7. The first-order valence-electron chi connectivity index (χ1n) is 10.4. The molecule has 0 spiro atoms. The van der Waals surface area contributed by atoms with E-state index in [-0.39, 0.29) is 11.7 Å². The minimum Gasteiger partial charge on any atom is -0.461 e. The van der Waals surface area contributed by atoms with Crippen LogP contribution in [0, 0.1) is 0 Å². The number of halogens is 2. The average Bonchev–Trinajstić information content (AvgIpc) is 3.61. The summed E-state index contributed by atoms with van der Waals surface area (Å²) < 4.78 is 7.36. The van der Waals surface area contributed by atoms with Crippen molar-refractivity contribution in [2.75, 3.05) is 11.1 Å². The quantitative estimate of drug-likeness (QED) is 0.222. The van der Waals surface area contributed by atoms with E-state index in [2.05, 4.69) is 20.5 Å². The molecule has 5 aromatic rings. The molecule has 0 aliphatic carbocycles. The molecule has 7 nitrogen and oxygen atoms in total. The molecule has 0 saturated heterocycles. The van der Waals surface area contributed by atoms with E-state index < -0.39 is 0 Å². The second-order valence-electron chi connectivity index (χ2n) is 7.37. The summed E-state index contributed by atoms with van der Waals surface area (Å²) in [7, 11) is 0. The van der Waals surface area contributed by atoms with Crippen LogP contribution in [-0.2, 0) is 11.2 Å². The Labute approximate surface area is 219 Å². The van der Waals surface area contributed by atoms with Gasteiger partial charge in [-0.3, -0.25) is 9.36 Å². The van der Waals surface area contributed by atoms with E-state index in [1.165, 1.54) is 23.1 Å². The number of carbonyl (C=O) groups is 1. The third-order valence-electron chi connectivity index (χ3n) is 4.88. The number of anilines is 1. The highest BCUT2D eigenvalue weighted by atomic mass is 35.5. The maximum atomic E-state index is 12.6. The molecule has 0 fully saturated rings. The molecule has 3 heterocycles. The summed E-state index contributed by atoms with van der Waals surface area (Å²) in [4.78, 5) is 18.0. The Balaban J connectivity index is 1.27. The number of thioether (sulfide) groups is 1. The first-order chi connectivity index (χ1) is 17.0. The fraction of sp³-hybridized carbons (Fsp3) is 0.0833. The fourth-order valence-corrected chi connectivity index (χ4v) is 5.15. The van der Waals surface area contributed by atoms with Gasteiger partial charge in [0.1, 0.15) is 0 Å². The predicted molar refractivity (Wildman–Crippen MR) is 140 cm³/mol. The standard InChI is InChI=1S/C24H17Cl2N5O2S2/c25-16-5-3-15(4-6-16)12-19-13-27-23(35-19)28-21(32)14-34-24-30-29-22(20-2-1-11-33-20)31(24)18-9-7-17(26)8-10-18/h1-11,13H,12,14H2,(H,27,28,32). The molecular formula is C24H17Cl2N5O2S2. The monoisotopic (exact) mass is 541 g/mol. The van der Waals surface area contributed by atoms with Crippen LogP contribution in [0.1, 0.15) is 10.4 Å². The van der Waals surface area contributed by atoms with Gasteiger partial charge in [-0.05, 0) is 54.1 Å². The van der Waals surface area contributed by atoms with Gasteiger partial charge < -0.3 is 9.73 Å². The third-order valence-corrected chi connectivity index (χ3v) is 7.23. The molecule has 0 aliphatic rings. The Morgan fingerprint density at radius 2 is 1.77 bits per heavy atom. The van der Waals surface area contributed by atoms with Crippen molar-refractivity contribution >= 4 is 57.3 Å². The van der Waals surface area contributed by atoms with Crippen molar-refractivity contribution in [3.05, 3.63) is 93.6 Å².